The lowest BCUT2D eigenvalue weighted by atomic mass is 9.86. The van der Waals surface area contributed by atoms with Gasteiger partial charge in [0.25, 0.3) is 0 Å². The lowest BCUT2D eigenvalue weighted by Gasteiger charge is -2.20. The quantitative estimate of drug-likeness (QED) is 0.786. The summed E-state index contributed by atoms with van der Waals surface area (Å²) in [6.07, 6.45) is 9.68. The van der Waals surface area contributed by atoms with E-state index in [0.29, 0.717) is 0 Å². The largest absolute Gasteiger partial charge is 0.327 e. The summed E-state index contributed by atoms with van der Waals surface area (Å²) >= 11 is 0. The maximum atomic E-state index is 6.32. The molecule has 1 atom stereocenters. The van der Waals surface area contributed by atoms with Gasteiger partial charge in [-0.2, -0.15) is 0 Å². The van der Waals surface area contributed by atoms with E-state index in [1.165, 1.54) is 36.8 Å². The van der Waals surface area contributed by atoms with Crippen LogP contribution in [-0.4, -0.2) is 6.04 Å². The molecule has 1 heteroatoms. The number of allylic oxidation sites excluding steroid dienone is 1. The first-order chi connectivity index (χ1) is 9.45. The number of benzene rings is 1. The molecule has 0 fully saturated rings. The van der Waals surface area contributed by atoms with E-state index in [9.17, 15) is 0 Å². The second-order valence-electron chi connectivity index (χ2n) is 7.22. The number of hydrogen-bond acceptors (Lipinski definition) is 1. The monoisotopic (exact) mass is 271 g/mol. The van der Waals surface area contributed by atoms with E-state index in [1.807, 2.05) is 0 Å². The summed E-state index contributed by atoms with van der Waals surface area (Å²) in [5.74, 6) is 0. The van der Waals surface area contributed by atoms with Crippen LogP contribution in [0.3, 0.4) is 0 Å². The van der Waals surface area contributed by atoms with Gasteiger partial charge in [-0.1, -0.05) is 56.7 Å². The van der Waals surface area contributed by atoms with Crippen LogP contribution >= 0.6 is 0 Å². The van der Waals surface area contributed by atoms with Crippen molar-refractivity contribution in [2.24, 2.45) is 5.73 Å². The zero-order valence-electron chi connectivity index (χ0n) is 13.3. The smallest absolute Gasteiger partial charge is 0.0117 e. The second-order valence-corrected chi connectivity index (χ2v) is 7.22. The van der Waals surface area contributed by atoms with Crippen molar-refractivity contribution < 1.29 is 0 Å². The summed E-state index contributed by atoms with van der Waals surface area (Å²) < 4.78 is 0. The molecule has 0 bridgehead atoms. The highest BCUT2D eigenvalue weighted by molar-refractivity contribution is 5.28. The van der Waals surface area contributed by atoms with Gasteiger partial charge in [0.05, 0.1) is 0 Å². The van der Waals surface area contributed by atoms with Crippen molar-refractivity contribution in [1.29, 1.82) is 0 Å². The third-order valence-corrected chi connectivity index (χ3v) is 4.23. The summed E-state index contributed by atoms with van der Waals surface area (Å²) in [5.41, 5.74) is 10.9. The van der Waals surface area contributed by atoms with Gasteiger partial charge in [-0.15, -0.1) is 0 Å². The van der Waals surface area contributed by atoms with Crippen LogP contribution in [0.4, 0.5) is 0 Å². The van der Waals surface area contributed by atoms with Gasteiger partial charge < -0.3 is 5.73 Å². The van der Waals surface area contributed by atoms with Crippen LogP contribution in [0.1, 0.15) is 64.0 Å². The van der Waals surface area contributed by atoms with E-state index in [-0.39, 0.29) is 11.5 Å². The second kappa shape index (κ2) is 6.58. The molecule has 0 amide bonds. The molecule has 2 rings (SSSR count). The molecule has 110 valence electrons. The molecule has 1 aromatic carbocycles. The molecule has 1 aromatic rings. The van der Waals surface area contributed by atoms with Gasteiger partial charge in [-0.05, 0) is 55.1 Å². The molecule has 1 aliphatic rings. The molecule has 0 radical (unpaired) electrons. The Kier molecular flexibility index (Phi) is 5.04. The maximum Gasteiger partial charge on any atom is 0.0117 e. The van der Waals surface area contributed by atoms with E-state index in [1.54, 1.807) is 5.57 Å². The van der Waals surface area contributed by atoms with Gasteiger partial charge in [0.1, 0.15) is 0 Å². The van der Waals surface area contributed by atoms with Crippen molar-refractivity contribution in [2.75, 3.05) is 0 Å². The third kappa shape index (κ3) is 4.49. The molecule has 1 aliphatic carbocycles. The van der Waals surface area contributed by atoms with Crippen LogP contribution in [-0.2, 0) is 11.8 Å². The Balaban J connectivity index is 1.91. The third-order valence-electron chi connectivity index (χ3n) is 4.23. The topological polar surface area (TPSA) is 26.0 Å². The van der Waals surface area contributed by atoms with E-state index >= 15 is 0 Å². The van der Waals surface area contributed by atoms with Crippen LogP contribution in [0.2, 0.25) is 0 Å². The van der Waals surface area contributed by atoms with Gasteiger partial charge in [0.15, 0.2) is 0 Å². The van der Waals surface area contributed by atoms with E-state index in [4.69, 9.17) is 5.73 Å². The van der Waals surface area contributed by atoms with Gasteiger partial charge in [0, 0.05) is 6.04 Å². The lowest BCUT2D eigenvalue weighted by molar-refractivity contribution is 0.588. The molecule has 1 unspecified atom stereocenters. The average Bonchev–Trinajstić information content (AvgIpc) is 2.39. The Morgan fingerprint density at radius 2 is 1.75 bits per heavy atom. The van der Waals surface area contributed by atoms with Crippen molar-refractivity contribution in [1.82, 2.24) is 0 Å². The highest BCUT2D eigenvalue weighted by Gasteiger charge is 2.14. The molecule has 0 aliphatic heterocycles. The molecule has 0 saturated heterocycles. The first kappa shape index (κ1) is 15.3. The summed E-state index contributed by atoms with van der Waals surface area (Å²) in [7, 11) is 0. The van der Waals surface area contributed by atoms with Gasteiger partial charge in [-0.3, -0.25) is 0 Å². The molecule has 0 heterocycles. The summed E-state index contributed by atoms with van der Waals surface area (Å²) in [4.78, 5) is 0. The van der Waals surface area contributed by atoms with Crippen LogP contribution < -0.4 is 5.73 Å². The summed E-state index contributed by atoms with van der Waals surface area (Å²) in [6, 6.07) is 9.26. The molecule has 20 heavy (non-hydrogen) atoms. The van der Waals surface area contributed by atoms with E-state index in [0.717, 1.165) is 12.8 Å². The molecular formula is C19H29N. The first-order valence-corrected chi connectivity index (χ1v) is 7.98. The normalized spacial score (nSPS) is 17.7. The highest BCUT2D eigenvalue weighted by Crippen LogP contribution is 2.24. The van der Waals surface area contributed by atoms with Crippen LogP contribution in [0, 0.1) is 0 Å². The van der Waals surface area contributed by atoms with Crippen molar-refractivity contribution in [3.05, 3.63) is 47.0 Å². The number of hydrogen-bond donors (Lipinski definition) is 1. The lowest BCUT2D eigenvalue weighted by Crippen LogP contribution is -2.24. The van der Waals surface area contributed by atoms with Crippen molar-refractivity contribution >= 4 is 0 Å². The summed E-state index contributed by atoms with van der Waals surface area (Å²) in [6.45, 7) is 6.76. The van der Waals surface area contributed by atoms with Crippen LogP contribution in [0.5, 0.6) is 0 Å². The molecule has 2 N–H and O–H groups in total. The predicted molar refractivity (Wildman–Crippen MR) is 88.0 cm³/mol. The van der Waals surface area contributed by atoms with Gasteiger partial charge >= 0.3 is 0 Å². The molecule has 0 aromatic heterocycles. The zero-order valence-corrected chi connectivity index (χ0v) is 13.3. The minimum absolute atomic E-state index is 0.230. The van der Waals surface area contributed by atoms with Gasteiger partial charge in [0.2, 0.25) is 0 Å². The average molecular weight is 271 g/mol. The van der Waals surface area contributed by atoms with Gasteiger partial charge in [-0.25, -0.2) is 0 Å². The Morgan fingerprint density at radius 1 is 1.05 bits per heavy atom. The Hall–Kier alpha value is -1.08. The minimum atomic E-state index is 0.230. The van der Waals surface area contributed by atoms with Crippen LogP contribution in [0.25, 0.3) is 0 Å². The molecule has 0 spiro atoms. The Bertz CT molecular complexity index is 448. The van der Waals surface area contributed by atoms with Crippen molar-refractivity contribution in [2.45, 2.75) is 70.8 Å². The minimum Gasteiger partial charge on any atom is -0.327 e. The molecule has 1 nitrogen and oxygen atoms in total. The van der Waals surface area contributed by atoms with Crippen LogP contribution in [0.15, 0.2) is 35.9 Å². The predicted octanol–water partition coefficient (Wildman–Crippen LogP) is 4.74. The fourth-order valence-corrected chi connectivity index (χ4v) is 2.94. The van der Waals surface area contributed by atoms with Crippen molar-refractivity contribution in [3.8, 4) is 0 Å². The molecule has 0 saturated carbocycles. The number of rotatable bonds is 4. The highest BCUT2D eigenvalue weighted by atomic mass is 14.6. The fraction of sp³-hybridized carbons (Fsp3) is 0.579. The maximum absolute atomic E-state index is 6.32. The SMILES string of the molecule is CC(C)(C)c1ccc(CC(N)CC2=CCCCC2)cc1. The summed E-state index contributed by atoms with van der Waals surface area (Å²) in [5, 5.41) is 0. The Labute approximate surface area is 124 Å². The molecular weight excluding hydrogens is 242 g/mol. The van der Waals surface area contributed by atoms with E-state index in [2.05, 4.69) is 51.1 Å². The zero-order chi connectivity index (χ0) is 14.6. The van der Waals surface area contributed by atoms with Crippen molar-refractivity contribution in [3.63, 3.8) is 0 Å². The fourth-order valence-electron chi connectivity index (χ4n) is 2.94. The van der Waals surface area contributed by atoms with E-state index < -0.39 is 0 Å². The first-order valence-electron chi connectivity index (χ1n) is 7.98. The number of nitrogens with two attached hydrogens (primary N) is 1. The standard InChI is InChI=1S/C19H29N/c1-19(2,3)17-11-9-16(10-12-17)14-18(20)13-15-7-5-4-6-8-15/h7,9-12,18H,4-6,8,13-14,20H2,1-3H3. The Morgan fingerprint density at radius 3 is 2.30 bits per heavy atom.